The number of nitrogens with zero attached hydrogens (tertiary/aromatic N) is 3. The van der Waals surface area contributed by atoms with Crippen LogP contribution in [-0.2, 0) is 19.7 Å². The van der Waals surface area contributed by atoms with E-state index >= 15 is 0 Å². The summed E-state index contributed by atoms with van der Waals surface area (Å²) in [4.78, 5) is 16.5. The number of aromatic amines is 1. The molecule has 0 saturated carbocycles. The lowest BCUT2D eigenvalue weighted by Crippen LogP contribution is -2.33. The first kappa shape index (κ1) is 24.2. The fourth-order valence-electron chi connectivity index (χ4n) is 5.30. The van der Waals surface area contributed by atoms with Gasteiger partial charge in [-0.3, -0.25) is 5.10 Å². The summed E-state index contributed by atoms with van der Waals surface area (Å²) >= 11 is 0. The Hall–Kier alpha value is -3.50. The summed E-state index contributed by atoms with van der Waals surface area (Å²) in [6, 6.07) is 6.78. The summed E-state index contributed by atoms with van der Waals surface area (Å²) < 4.78 is 33.1. The second-order valence-corrected chi connectivity index (χ2v) is 9.83. The van der Waals surface area contributed by atoms with Gasteiger partial charge in [0, 0.05) is 46.8 Å². The highest BCUT2D eigenvalue weighted by Gasteiger charge is 2.38. The molecule has 10 heteroatoms. The topological polar surface area (TPSA) is 111 Å². The average Bonchev–Trinajstić information content (AvgIpc) is 3.45. The number of benzene rings is 1. The van der Waals surface area contributed by atoms with Crippen molar-refractivity contribution in [2.45, 2.75) is 44.1 Å². The molecule has 3 aromatic heterocycles. The third-order valence-corrected chi connectivity index (χ3v) is 6.88. The van der Waals surface area contributed by atoms with E-state index in [2.05, 4.69) is 28.6 Å². The van der Waals surface area contributed by atoms with Gasteiger partial charge in [0.1, 0.15) is 0 Å². The standard InChI is InChI=1S/C26H29FN4O5/c1-26(2,13-34-3)23-21(14-5-8-19(25(32)33)36-12-14)22-18(9-15-11-28-30-24(15)29-22)31(23)16-6-7-17(27)20(10-16)35-4/h6-7,9-11,14,19H,5,8,12-13H2,1-4H3,(H,32,33)(H,28,29,30). The number of carbonyl (C=O) groups is 1. The number of fused-ring (bicyclic) bond motifs is 2. The molecule has 0 aliphatic carbocycles. The summed E-state index contributed by atoms with van der Waals surface area (Å²) in [5, 5.41) is 17.4. The molecule has 190 valence electrons. The van der Waals surface area contributed by atoms with Gasteiger partial charge in [0.15, 0.2) is 23.3 Å². The molecule has 1 aromatic carbocycles. The van der Waals surface area contributed by atoms with Crippen LogP contribution in [0.25, 0.3) is 27.8 Å². The van der Waals surface area contributed by atoms with E-state index < -0.39 is 23.3 Å². The van der Waals surface area contributed by atoms with E-state index in [1.54, 1.807) is 25.4 Å². The molecular formula is C26H29FN4O5. The molecule has 36 heavy (non-hydrogen) atoms. The third kappa shape index (κ3) is 4.00. The smallest absolute Gasteiger partial charge is 0.332 e. The fourth-order valence-corrected chi connectivity index (χ4v) is 5.30. The van der Waals surface area contributed by atoms with Crippen LogP contribution < -0.4 is 4.74 Å². The molecule has 1 aliphatic heterocycles. The van der Waals surface area contributed by atoms with Gasteiger partial charge in [0.05, 0.1) is 37.6 Å². The number of methoxy groups -OCH3 is 2. The molecule has 0 radical (unpaired) electrons. The molecule has 9 nitrogen and oxygen atoms in total. The van der Waals surface area contributed by atoms with Crippen molar-refractivity contribution in [1.82, 2.24) is 19.7 Å². The fraction of sp³-hybridized carbons (Fsp3) is 0.423. The molecule has 0 amide bonds. The number of carboxylic acids is 1. The maximum atomic E-state index is 14.4. The van der Waals surface area contributed by atoms with Crippen LogP contribution in [0.1, 0.15) is 43.9 Å². The Morgan fingerprint density at radius 2 is 2.11 bits per heavy atom. The van der Waals surface area contributed by atoms with E-state index in [1.807, 2.05) is 6.07 Å². The van der Waals surface area contributed by atoms with E-state index in [0.29, 0.717) is 30.8 Å². The predicted molar refractivity (Wildman–Crippen MR) is 131 cm³/mol. The van der Waals surface area contributed by atoms with Crippen molar-refractivity contribution in [2.24, 2.45) is 0 Å². The molecule has 0 bridgehead atoms. The number of aliphatic carboxylic acids is 1. The molecule has 5 rings (SSSR count). The SMILES string of the molecule is COCC(C)(C)c1c(C2CCC(C(=O)O)OC2)c2nc3[nH]ncc3cc2n1-c1ccc(F)c(OC)c1. The first-order valence-electron chi connectivity index (χ1n) is 11.8. The zero-order chi connectivity index (χ0) is 25.6. The maximum Gasteiger partial charge on any atom is 0.332 e. The van der Waals surface area contributed by atoms with Crippen LogP contribution in [0.3, 0.4) is 0 Å². The van der Waals surface area contributed by atoms with Gasteiger partial charge >= 0.3 is 5.97 Å². The highest BCUT2D eigenvalue weighted by molar-refractivity contribution is 5.94. The van der Waals surface area contributed by atoms with Crippen LogP contribution >= 0.6 is 0 Å². The summed E-state index contributed by atoms with van der Waals surface area (Å²) in [6.45, 7) is 4.84. The Kier molecular flexibility index (Phi) is 6.17. The number of rotatable bonds is 7. The van der Waals surface area contributed by atoms with Crippen molar-refractivity contribution in [3.8, 4) is 11.4 Å². The Morgan fingerprint density at radius 1 is 1.31 bits per heavy atom. The lowest BCUT2D eigenvalue weighted by molar-refractivity contribution is -0.153. The molecule has 1 saturated heterocycles. The second kappa shape index (κ2) is 9.18. The lowest BCUT2D eigenvalue weighted by atomic mass is 9.81. The van der Waals surface area contributed by atoms with E-state index in [0.717, 1.165) is 27.7 Å². The zero-order valence-corrected chi connectivity index (χ0v) is 20.7. The minimum atomic E-state index is -0.952. The van der Waals surface area contributed by atoms with Crippen LogP contribution in [0, 0.1) is 5.82 Å². The molecule has 1 aliphatic rings. The Balaban J connectivity index is 1.83. The number of aromatic nitrogens is 4. The van der Waals surface area contributed by atoms with Crippen molar-refractivity contribution < 1.29 is 28.5 Å². The van der Waals surface area contributed by atoms with Gasteiger partial charge in [-0.25, -0.2) is 14.2 Å². The number of pyridine rings is 1. The predicted octanol–water partition coefficient (Wildman–Crippen LogP) is 4.32. The van der Waals surface area contributed by atoms with E-state index in [1.165, 1.54) is 13.2 Å². The van der Waals surface area contributed by atoms with Gasteiger partial charge in [-0.2, -0.15) is 5.10 Å². The van der Waals surface area contributed by atoms with Gasteiger partial charge in [0.2, 0.25) is 0 Å². The lowest BCUT2D eigenvalue weighted by Gasteiger charge is -2.32. The zero-order valence-electron chi connectivity index (χ0n) is 20.7. The van der Waals surface area contributed by atoms with Gasteiger partial charge in [-0.1, -0.05) is 13.8 Å². The van der Waals surface area contributed by atoms with Crippen LogP contribution in [0.4, 0.5) is 4.39 Å². The molecule has 0 spiro atoms. The number of halogens is 1. The first-order valence-corrected chi connectivity index (χ1v) is 11.8. The summed E-state index contributed by atoms with van der Waals surface area (Å²) in [5.41, 5.74) is 4.38. The molecule has 1 fully saturated rings. The molecule has 2 atom stereocenters. The van der Waals surface area contributed by atoms with E-state index in [4.69, 9.17) is 19.2 Å². The Labute approximate surface area is 207 Å². The van der Waals surface area contributed by atoms with Crippen LogP contribution in [-0.4, -0.2) is 64.4 Å². The number of carboxylic acid groups (broad SMARTS) is 1. The van der Waals surface area contributed by atoms with Gasteiger partial charge in [0.25, 0.3) is 0 Å². The highest BCUT2D eigenvalue weighted by atomic mass is 19.1. The second-order valence-electron chi connectivity index (χ2n) is 9.83. The number of hydrogen-bond acceptors (Lipinski definition) is 6. The van der Waals surface area contributed by atoms with Crippen molar-refractivity contribution >= 4 is 28.0 Å². The van der Waals surface area contributed by atoms with E-state index in [9.17, 15) is 14.3 Å². The van der Waals surface area contributed by atoms with Crippen molar-refractivity contribution in [2.75, 3.05) is 27.4 Å². The third-order valence-electron chi connectivity index (χ3n) is 6.88. The normalized spacial score (nSPS) is 18.7. The highest BCUT2D eigenvalue weighted by Crippen LogP contribution is 2.44. The van der Waals surface area contributed by atoms with E-state index in [-0.39, 0.29) is 18.3 Å². The number of hydrogen-bond donors (Lipinski definition) is 2. The monoisotopic (exact) mass is 496 g/mol. The largest absolute Gasteiger partial charge is 0.494 e. The van der Waals surface area contributed by atoms with Crippen LogP contribution in [0.15, 0.2) is 30.5 Å². The molecule has 2 N–H and O–H groups in total. The minimum absolute atomic E-state index is 0.0919. The van der Waals surface area contributed by atoms with Crippen LogP contribution in [0.5, 0.6) is 5.75 Å². The average molecular weight is 497 g/mol. The molecular weight excluding hydrogens is 467 g/mol. The van der Waals surface area contributed by atoms with Gasteiger partial charge < -0.3 is 23.9 Å². The Morgan fingerprint density at radius 3 is 2.78 bits per heavy atom. The van der Waals surface area contributed by atoms with Crippen molar-refractivity contribution in [1.29, 1.82) is 0 Å². The minimum Gasteiger partial charge on any atom is -0.494 e. The summed E-state index contributed by atoms with van der Waals surface area (Å²) in [6.07, 6.45) is 1.92. The number of nitrogens with one attached hydrogen (secondary N) is 1. The molecule has 4 aromatic rings. The number of ether oxygens (including phenoxy) is 3. The Bertz CT molecular complexity index is 1440. The van der Waals surface area contributed by atoms with Crippen LogP contribution in [0.2, 0.25) is 0 Å². The summed E-state index contributed by atoms with van der Waals surface area (Å²) in [5.74, 6) is -1.36. The number of H-pyrrole nitrogens is 1. The first-order chi connectivity index (χ1) is 17.2. The molecule has 4 heterocycles. The molecule has 2 unspecified atom stereocenters. The maximum absolute atomic E-state index is 14.4. The summed E-state index contributed by atoms with van der Waals surface area (Å²) in [7, 11) is 3.09. The van der Waals surface area contributed by atoms with Crippen molar-refractivity contribution in [3.63, 3.8) is 0 Å². The van der Waals surface area contributed by atoms with Crippen molar-refractivity contribution in [3.05, 3.63) is 47.5 Å². The van der Waals surface area contributed by atoms with Gasteiger partial charge in [-0.15, -0.1) is 0 Å². The quantitative estimate of drug-likeness (QED) is 0.392. The van der Waals surface area contributed by atoms with Gasteiger partial charge in [-0.05, 0) is 31.0 Å².